The number of hydrogen-bond donors (Lipinski definition) is 0. The van der Waals surface area contributed by atoms with Crippen LogP contribution in [0.15, 0.2) is 176 Å². The molecule has 4 nitrogen and oxygen atoms in total. The molecule has 0 atom stereocenters. The van der Waals surface area contributed by atoms with E-state index in [4.69, 9.17) is 15.0 Å². The number of allylic oxidation sites excluding steroid dienone is 1. The fraction of sp³-hybridized carbons (Fsp3) is 0.0392. The Kier molecular flexibility index (Phi) is 8.16. The molecule has 2 aromatic heterocycles. The van der Waals surface area contributed by atoms with Crippen LogP contribution in [-0.4, -0.2) is 19.5 Å². The Morgan fingerprint density at radius 2 is 1.11 bits per heavy atom. The molecule has 0 aliphatic heterocycles. The molecule has 0 fully saturated rings. The zero-order chi connectivity index (χ0) is 36.6. The van der Waals surface area contributed by atoms with Crippen molar-refractivity contribution in [2.24, 2.45) is 0 Å². The van der Waals surface area contributed by atoms with Crippen molar-refractivity contribution < 1.29 is 0 Å². The van der Waals surface area contributed by atoms with E-state index in [9.17, 15) is 0 Å². The summed E-state index contributed by atoms with van der Waals surface area (Å²) in [5, 5.41) is 1.28. The molecule has 258 valence electrons. The minimum Gasteiger partial charge on any atom is -0.313 e. The van der Waals surface area contributed by atoms with Crippen LogP contribution in [0, 0.1) is 12.1 Å². The van der Waals surface area contributed by atoms with Gasteiger partial charge in [0.25, 0.3) is 0 Å². The lowest BCUT2D eigenvalue weighted by Gasteiger charge is -2.18. The van der Waals surface area contributed by atoms with Crippen molar-refractivity contribution in [3.8, 4) is 73.2 Å². The lowest BCUT2D eigenvalue weighted by molar-refractivity contribution is 0.889. The van der Waals surface area contributed by atoms with E-state index in [0.717, 1.165) is 68.6 Å². The normalized spacial score (nSPS) is 12.0. The van der Waals surface area contributed by atoms with Crippen molar-refractivity contribution in [1.82, 2.24) is 19.5 Å². The Hall–Kier alpha value is -7.35. The second-order valence-electron chi connectivity index (χ2n) is 13.8. The van der Waals surface area contributed by atoms with Crippen LogP contribution in [0.25, 0.3) is 90.2 Å². The first-order valence-electron chi connectivity index (χ1n) is 18.7. The van der Waals surface area contributed by atoms with Gasteiger partial charge in [0.2, 0.25) is 0 Å². The third-order valence-electron chi connectivity index (χ3n) is 10.4. The average molecular weight is 703 g/mol. The van der Waals surface area contributed by atoms with Crippen molar-refractivity contribution in [3.05, 3.63) is 199 Å². The van der Waals surface area contributed by atoms with Gasteiger partial charge < -0.3 is 4.57 Å². The standard InChI is InChI=1S/C51H34N4/c1-5-17-35(18-6-1)40-31-41(33-42(32-40)55-47-27-15-13-25-44(47)45-26-14-16-28-48(45)55)46-34-39(29-30-43(46)36-19-7-2-8-20-36)51-53-49(37-21-9-3-10-22-37)52-50(54-51)38-23-11-4-12-24-38/h1,3-7,9-15,17-27,29-34H,16,28H2. The van der Waals surface area contributed by atoms with Crippen LogP contribution in [-0.2, 0) is 6.42 Å². The quantitative estimate of drug-likeness (QED) is 0.166. The van der Waals surface area contributed by atoms with E-state index < -0.39 is 0 Å². The van der Waals surface area contributed by atoms with Crippen molar-refractivity contribution >= 4 is 17.0 Å². The molecular weight excluding hydrogens is 669 g/mol. The van der Waals surface area contributed by atoms with Crippen LogP contribution in [0.3, 0.4) is 0 Å². The van der Waals surface area contributed by atoms with Gasteiger partial charge in [-0.3, -0.25) is 0 Å². The van der Waals surface area contributed by atoms with Gasteiger partial charge in [0, 0.05) is 39.0 Å². The predicted molar refractivity (Wildman–Crippen MR) is 224 cm³/mol. The SMILES string of the molecule is c1ccc(-c2ccc(-c3nc(-c4ccccc4)nc(-c4ccccc4)n3)cc2-c2cc(-c3ccccc3)cc(-n3c4c(c5ccccc53)C=CCC4)c2)cc#1. The molecule has 0 N–H and O–H groups in total. The second-order valence-corrected chi connectivity index (χ2v) is 13.8. The molecule has 0 amide bonds. The molecule has 1 aliphatic carbocycles. The molecule has 0 spiro atoms. The molecule has 0 radical (unpaired) electrons. The topological polar surface area (TPSA) is 43.6 Å². The van der Waals surface area contributed by atoms with E-state index in [1.54, 1.807) is 0 Å². The summed E-state index contributed by atoms with van der Waals surface area (Å²) in [5.41, 5.74) is 14.4. The van der Waals surface area contributed by atoms with Gasteiger partial charge in [0.1, 0.15) is 0 Å². The molecule has 55 heavy (non-hydrogen) atoms. The first-order chi connectivity index (χ1) is 27.3. The molecule has 0 bridgehead atoms. The van der Waals surface area contributed by atoms with Crippen LogP contribution in [0.4, 0.5) is 0 Å². The molecule has 1 aliphatic rings. The monoisotopic (exact) mass is 702 g/mol. The maximum atomic E-state index is 5.10. The molecule has 9 aromatic rings. The smallest absolute Gasteiger partial charge is 0.164 e. The van der Waals surface area contributed by atoms with Crippen molar-refractivity contribution in [2.75, 3.05) is 0 Å². The number of nitrogens with zero attached hydrogens (tertiary/aromatic N) is 4. The van der Waals surface area contributed by atoms with Crippen molar-refractivity contribution in [2.45, 2.75) is 12.8 Å². The summed E-state index contributed by atoms with van der Waals surface area (Å²) in [6.07, 6.45) is 6.59. The van der Waals surface area contributed by atoms with Crippen LogP contribution >= 0.6 is 0 Å². The van der Waals surface area contributed by atoms with E-state index in [-0.39, 0.29) is 0 Å². The summed E-state index contributed by atoms with van der Waals surface area (Å²) in [6.45, 7) is 0. The van der Waals surface area contributed by atoms with Crippen LogP contribution in [0.2, 0.25) is 0 Å². The average Bonchev–Trinajstić information content (AvgIpc) is 3.61. The number of hydrogen-bond acceptors (Lipinski definition) is 3. The highest BCUT2D eigenvalue weighted by Crippen LogP contribution is 2.41. The Morgan fingerprint density at radius 1 is 0.473 bits per heavy atom. The molecule has 0 unspecified atom stereocenters. The highest BCUT2D eigenvalue weighted by Gasteiger charge is 2.21. The maximum absolute atomic E-state index is 5.10. The van der Waals surface area contributed by atoms with Crippen molar-refractivity contribution in [3.63, 3.8) is 0 Å². The number of para-hydroxylation sites is 1. The number of aromatic nitrogens is 4. The summed E-state index contributed by atoms with van der Waals surface area (Å²) < 4.78 is 2.48. The highest BCUT2D eigenvalue weighted by atomic mass is 15.0. The third kappa shape index (κ3) is 6.08. The fourth-order valence-corrected chi connectivity index (χ4v) is 7.79. The van der Waals surface area contributed by atoms with Gasteiger partial charge in [0.05, 0.1) is 5.52 Å². The zero-order valence-corrected chi connectivity index (χ0v) is 30.0. The Labute approximate surface area is 320 Å². The molecule has 7 aromatic carbocycles. The fourth-order valence-electron chi connectivity index (χ4n) is 7.79. The number of rotatable bonds is 7. The van der Waals surface area contributed by atoms with E-state index >= 15 is 0 Å². The highest BCUT2D eigenvalue weighted by molar-refractivity contribution is 5.95. The Balaban J connectivity index is 1.23. The number of benzene rings is 6. The molecule has 10 rings (SSSR count). The van der Waals surface area contributed by atoms with Crippen LogP contribution < -0.4 is 0 Å². The van der Waals surface area contributed by atoms with Crippen molar-refractivity contribution in [1.29, 1.82) is 0 Å². The largest absolute Gasteiger partial charge is 0.313 e. The summed E-state index contributed by atoms with van der Waals surface area (Å²) >= 11 is 0. The third-order valence-corrected chi connectivity index (χ3v) is 10.4. The van der Waals surface area contributed by atoms with Gasteiger partial charge in [0.15, 0.2) is 17.5 Å². The van der Waals surface area contributed by atoms with Gasteiger partial charge in [-0.25, -0.2) is 15.0 Å². The first-order valence-corrected chi connectivity index (χ1v) is 18.7. The van der Waals surface area contributed by atoms with E-state index in [1.807, 2.05) is 72.8 Å². The summed E-state index contributed by atoms with van der Waals surface area (Å²) in [5.74, 6) is 1.88. The summed E-state index contributed by atoms with van der Waals surface area (Å²) in [6, 6.07) is 65.5. The van der Waals surface area contributed by atoms with E-state index in [2.05, 4.69) is 126 Å². The number of fused-ring (bicyclic) bond motifs is 3. The Morgan fingerprint density at radius 3 is 1.80 bits per heavy atom. The summed E-state index contributed by atoms with van der Waals surface area (Å²) in [7, 11) is 0. The Bertz CT molecular complexity index is 2780. The second kappa shape index (κ2) is 13.9. The molecule has 2 heterocycles. The van der Waals surface area contributed by atoms with Gasteiger partial charge in [-0.15, -0.1) is 0 Å². The minimum atomic E-state index is 0.616. The molecule has 0 saturated heterocycles. The van der Waals surface area contributed by atoms with E-state index in [0.29, 0.717) is 17.5 Å². The van der Waals surface area contributed by atoms with Gasteiger partial charge in [-0.2, -0.15) is 0 Å². The van der Waals surface area contributed by atoms with Crippen LogP contribution in [0.5, 0.6) is 0 Å². The molecular formula is C51H34N4. The first kappa shape index (κ1) is 32.3. The molecule has 4 heteroatoms. The zero-order valence-electron chi connectivity index (χ0n) is 30.0. The summed E-state index contributed by atoms with van der Waals surface area (Å²) in [4.78, 5) is 15.1. The molecule has 0 saturated carbocycles. The van der Waals surface area contributed by atoms with E-state index in [1.165, 1.54) is 22.2 Å². The van der Waals surface area contributed by atoms with Gasteiger partial charge in [-0.1, -0.05) is 146 Å². The van der Waals surface area contributed by atoms with Crippen LogP contribution in [0.1, 0.15) is 17.7 Å². The maximum Gasteiger partial charge on any atom is 0.164 e. The van der Waals surface area contributed by atoms with Gasteiger partial charge >= 0.3 is 0 Å². The lowest BCUT2D eigenvalue weighted by Crippen LogP contribution is -2.04. The predicted octanol–water partition coefficient (Wildman–Crippen LogP) is 12.4. The minimum absolute atomic E-state index is 0.616. The lowest BCUT2D eigenvalue weighted by atomic mass is 9.90. The van der Waals surface area contributed by atoms with Gasteiger partial charge in [-0.05, 0) is 94.8 Å².